The number of carbonyl (C=O) groups excluding carboxylic acids is 1. The van der Waals surface area contributed by atoms with Crippen LogP contribution < -0.4 is 5.73 Å². The van der Waals surface area contributed by atoms with Crippen LogP contribution in [-0.2, 0) is 0 Å². The summed E-state index contributed by atoms with van der Waals surface area (Å²) in [5.41, 5.74) is 6.23. The van der Waals surface area contributed by atoms with Gasteiger partial charge >= 0.3 is 0 Å². The molecule has 1 amide bonds. The van der Waals surface area contributed by atoms with Crippen LogP contribution in [0, 0.1) is 5.92 Å². The van der Waals surface area contributed by atoms with E-state index < -0.39 is 0 Å². The van der Waals surface area contributed by atoms with Crippen LogP contribution in [0.25, 0.3) is 0 Å². The number of carbonyl (C=O) groups is 1. The highest BCUT2D eigenvalue weighted by atomic mass is 35.5. The third-order valence-electron chi connectivity index (χ3n) is 3.73. The lowest BCUT2D eigenvalue weighted by Gasteiger charge is -2.22. The van der Waals surface area contributed by atoms with Crippen molar-refractivity contribution in [1.82, 2.24) is 4.90 Å². The summed E-state index contributed by atoms with van der Waals surface area (Å²) in [6.07, 6.45) is 2.87. The maximum absolute atomic E-state index is 12.7. The van der Waals surface area contributed by atoms with Gasteiger partial charge in [-0.1, -0.05) is 23.2 Å². The van der Waals surface area contributed by atoms with E-state index in [1.54, 1.807) is 12.1 Å². The van der Waals surface area contributed by atoms with E-state index >= 15 is 0 Å². The van der Waals surface area contributed by atoms with Crippen molar-refractivity contribution in [3.63, 3.8) is 0 Å². The Bertz CT molecular complexity index is 527. The molecule has 0 aromatic heterocycles. The van der Waals surface area contributed by atoms with Crippen molar-refractivity contribution in [2.24, 2.45) is 11.7 Å². The van der Waals surface area contributed by atoms with Gasteiger partial charge in [0.1, 0.15) is 0 Å². The van der Waals surface area contributed by atoms with Gasteiger partial charge in [-0.05, 0) is 44.2 Å². The first-order valence-corrected chi connectivity index (χ1v) is 8.50. The molecule has 0 bridgehead atoms. The number of likely N-dealkylation sites (tertiary alicyclic amines) is 1. The Morgan fingerprint density at radius 2 is 2.10 bits per heavy atom. The van der Waals surface area contributed by atoms with Crippen molar-refractivity contribution in [2.45, 2.75) is 24.3 Å². The van der Waals surface area contributed by atoms with Gasteiger partial charge < -0.3 is 10.6 Å². The van der Waals surface area contributed by atoms with Crippen molar-refractivity contribution in [3.05, 3.63) is 27.7 Å². The zero-order valence-corrected chi connectivity index (χ0v) is 15.1. The molecule has 7 heteroatoms. The van der Waals surface area contributed by atoms with Crippen LogP contribution in [0.5, 0.6) is 0 Å². The smallest absolute Gasteiger partial charge is 0.255 e. The van der Waals surface area contributed by atoms with Gasteiger partial charge in [0, 0.05) is 17.5 Å². The first-order chi connectivity index (χ1) is 9.47. The number of thioether (sulfide) groups is 1. The molecule has 0 saturated carbocycles. The number of nitrogens with two attached hydrogens (primary N) is 1. The number of hydrogen-bond donors (Lipinski definition) is 1. The highest BCUT2D eigenvalue weighted by Crippen LogP contribution is 2.33. The molecule has 1 aliphatic heterocycles. The first kappa shape index (κ1) is 18.9. The Kier molecular flexibility index (Phi) is 7.14. The Hall–Kier alpha value is -0.130. The van der Waals surface area contributed by atoms with Gasteiger partial charge in [0.05, 0.1) is 15.6 Å². The van der Waals surface area contributed by atoms with Gasteiger partial charge in [0.25, 0.3) is 5.91 Å². The fourth-order valence-electron chi connectivity index (χ4n) is 2.60. The maximum Gasteiger partial charge on any atom is 0.255 e. The van der Waals surface area contributed by atoms with Crippen LogP contribution in [0.4, 0.5) is 0 Å². The largest absolute Gasteiger partial charge is 0.336 e. The van der Waals surface area contributed by atoms with Gasteiger partial charge in [-0.2, -0.15) is 0 Å². The Morgan fingerprint density at radius 1 is 1.43 bits per heavy atom. The zero-order valence-electron chi connectivity index (χ0n) is 11.9. The molecule has 1 heterocycles. The van der Waals surface area contributed by atoms with E-state index in [9.17, 15) is 4.79 Å². The van der Waals surface area contributed by atoms with Crippen molar-refractivity contribution in [3.8, 4) is 0 Å². The predicted octanol–water partition coefficient (Wildman–Crippen LogP) is 3.95. The van der Waals surface area contributed by atoms with E-state index in [0.717, 1.165) is 11.3 Å². The number of benzene rings is 1. The molecule has 2 unspecified atom stereocenters. The van der Waals surface area contributed by atoms with Crippen LogP contribution in [-0.4, -0.2) is 36.2 Å². The number of amides is 1. The Balaban J connectivity index is 0.00000220. The summed E-state index contributed by atoms with van der Waals surface area (Å²) in [6.45, 7) is 3.36. The topological polar surface area (TPSA) is 46.3 Å². The van der Waals surface area contributed by atoms with Crippen LogP contribution in [0.15, 0.2) is 17.0 Å². The predicted molar refractivity (Wildman–Crippen MR) is 93.2 cm³/mol. The summed E-state index contributed by atoms with van der Waals surface area (Å²) < 4.78 is 0. The lowest BCUT2D eigenvalue weighted by molar-refractivity contribution is 0.0743. The molecular weight excluding hydrogens is 351 g/mol. The molecule has 0 spiro atoms. The average molecular weight is 370 g/mol. The third-order valence-corrected chi connectivity index (χ3v) is 5.24. The molecule has 2 N–H and O–H groups in total. The molecule has 1 saturated heterocycles. The molecule has 118 valence electrons. The second kappa shape index (κ2) is 7.93. The first-order valence-electron chi connectivity index (χ1n) is 6.52. The second-order valence-electron chi connectivity index (χ2n) is 5.11. The zero-order chi connectivity index (χ0) is 14.9. The second-order valence-corrected chi connectivity index (χ2v) is 6.77. The summed E-state index contributed by atoms with van der Waals surface area (Å²) >= 11 is 13.8. The van der Waals surface area contributed by atoms with E-state index in [0.29, 0.717) is 34.6 Å². The third kappa shape index (κ3) is 3.99. The normalized spacial score (nSPS) is 21.3. The summed E-state index contributed by atoms with van der Waals surface area (Å²) in [6, 6.07) is 3.62. The van der Waals surface area contributed by atoms with Crippen molar-refractivity contribution < 1.29 is 4.79 Å². The summed E-state index contributed by atoms with van der Waals surface area (Å²) in [5.74, 6) is 0.338. The maximum atomic E-state index is 12.7. The van der Waals surface area contributed by atoms with Gasteiger partial charge in [-0.15, -0.1) is 24.2 Å². The quantitative estimate of drug-likeness (QED) is 0.821. The fourth-order valence-corrected chi connectivity index (χ4v) is 3.79. The molecular formula is C14H19Cl3N2OS. The minimum Gasteiger partial charge on any atom is -0.336 e. The van der Waals surface area contributed by atoms with Gasteiger partial charge in [-0.25, -0.2) is 0 Å². The molecule has 0 radical (unpaired) electrons. The highest BCUT2D eigenvalue weighted by molar-refractivity contribution is 7.98. The van der Waals surface area contributed by atoms with E-state index in [2.05, 4.69) is 0 Å². The number of nitrogens with zero attached hydrogens (tertiary/aromatic N) is 1. The van der Waals surface area contributed by atoms with E-state index in [1.807, 2.05) is 18.1 Å². The van der Waals surface area contributed by atoms with Crippen LogP contribution in [0.2, 0.25) is 10.0 Å². The Labute approximate surface area is 145 Å². The Morgan fingerprint density at radius 3 is 2.62 bits per heavy atom. The van der Waals surface area contributed by atoms with Crippen LogP contribution in [0.3, 0.4) is 0 Å². The average Bonchev–Trinajstić information content (AvgIpc) is 2.79. The van der Waals surface area contributed by atoms with Crippen LogP contribution >= 0.6 is 47.4 Å². The molecule has 3 nitrogen and oxygen atoms in total. The number of hydrogen-bond acceptors (Lipinski definition) is 3. The summed E-state index contributed by atoms with van der Waals surface area (Å²) in [7, 11) is 0. The van der Waals surface area contributed by atoms with E-state index in [4.69, 9.17) is 28.9 Å². The molecule has 2 atom stereocenters. The standard InChI is InChI=1S/C14H18Cl2N2OS.ClH/c1-8-3-9(6-17)7-18(8)14(19)10-4-13(20-2)12(16)5-11(10)15;/h4-5,8-9H,3,6-7,17H2,1-2H3;1H. The highest BCUT2D eigenvalue weighted by Gasteiger charge is 2.33. The van der Waals surface area contributed by atoms with Crippen molar-refractivity contribution in [1.29, 1.82) is 0 Å². The van der Waals surface area contributed by atoms with E-state index in [1.165, 1.54) is 11.8 Å². The summed E-state index contributed by atoms with van der Waals surface area (Å²) in [5, 5.41) is 0.981. The lowest BCUT2D eigenvalue weighted by Crippen LogP contribution is -2.34. The van der Waals surface area contributed by atoms with Crippen LogP contribution in [0.1, 0.15) is 23.7 Å². The molecule has 1 fully saturated rings. The molecule has 2 rings (SSSR count). The van der Waals surface area contributed by atoms with Gasteiger partial charge in [0.2, 0.25) is 0 Å². The van der Waals surface area contributed by atoms with E-state index in [-0.39, 0.29) is 24.4 Å². The molecule has 0 aliphatic carbocycles. The van der Waals surface area contributed by atoms with Gasteiger partial charge in [0.15, 0.2) is 0 Å². The van der Waals surface area contributed by atoms with Gasteiger partial charge in [-0.3, -0.25) is 4.79 Å². The molecule has 1 aliphatic rings. The van der Waals surface area contributed by atoms with Crippen molar-refractivity contribution >= 4 is 53.3 Å². The lowest BCUT2D eigenvalue weighted by atomic mass is 10.1. The minimum absolute atomic E-state index is 0. The minimum atomic E-state index is -0.0367. The molecule has 1 aromatic rings. The monoisotopic (exact) mass is 368 g/mol. The molecule has 1 aromatic carbocycles. The van der Waals surface area contributed by atoms with Crippen molar-refractivity contribution in [2.75, 3.05) is 19.3 Å². The number of halogens is 3. The molecule has 21 heavy (non-hydrogen) atoms. The fraction of sp³-hybridized carbons (Fsp3) is 0.500. The summed E-state index contributed by atoms with van der Waals surface area (Å²) in [4.78, 5) is 15.4. The number of rotatable bonds is 3. The SMILES string of the molecule is CSc1cc(C(=O)N2CC(CN)CC2C)c(Cl)cc1Cl.Cl.